The molecule has 4 rings (SSSR count). The third-order valence-electron chi connectivity index (χ3n) is 4.83. The molecule has 3 unspecified atom stereocenters. The van der Waals surface area contributed by atoms with Crippen LogP contribution in [0.25, 0.3) is 10.4 Å². The summed E-state index contributed by atoms with van der Waals surface area (Å²) >= 11 is 1.51. The second-order valence-electron chi connectivity index (χ2n) is 6.64. The highest BCUT2D eigenvalue weighted by atomic mass is 32.1. The molecule has 0 radical (unpaired) electrons. The molecule has 2 aromatic rings. The van der Waals surface area contributed by atoms with Gasteiger partial charge in [-0.1, -0.05) is 30.3 Å². The molecule has 2 aliphatic heterocycles. The van der Waals surface area contributed by atoms with E-state index in [1.54, 1.807) is 5.51 Å². The number of hydrogen-bond donors (Lipinski definition) is 1. The lowest BCUT2D eigenvalue weighted by Crippen LogP contribution is -2.36. The van der Waals surface area contributed by atoms with Gasteiger partial charge in [-0.2, -0.15) is 0 Å². The van der Waals surface area contributed by atoms with Crippen LogP contribution in [0.15, 0.2) is 35.8 Å². The van der Waals surface area contributed by atoms with E-state index in [1.807, 2.05) is 30.3 Å². The topological polar surface area (TPSA) is 54.5 Å². The van der Waals surface area contributed by atoms with E-state index in [4.69, 9.17) is 4.74 Å². The largest absolute Gasteiger partial charge is 0.449 e. The van der Waals surface area contributed by atoms with Crippen molar-refractivity contribution < 1.29 is 9.53 Å². The number of aromatic nitrogens is 1. The summed E-state index contributed by atoms with van der Waals surface area (Å²) in [7, 11) is 0. The summed E-state index contributed by atoms with van der Waals surface area (Å²) < 4.78 is 5.46. The number of carbonyl (C=O) groups is 1. The zero-order valence-corrected chi connectivity index (χ0v) is 14.3. The van der Waals surface area contributed by atoms with Crippen molar-refractivity contribution in [1.29, 1.82) is 0 Å². The molecule has 0 saturated carbocycles. The van der Waals surface area contributed by atoms with Gasteiger partial charge in [0.25, 0.3) is 0 Å². The lowest BCUT2D eigenvalue weighted by molar-refractivity contribution is 0.103. The summed E-state index contributed by atoms with van der Waals surface area (Å²) in [5.74, 6) is 1.82. The van der Waals surface area contributed by atoms with Gasteiger partial charge in [0.1, 0.15) is 0 Å². The molecular formula is C18H21N3O2S. The highest BCUT2D eigenvalue weighted by Gasteiger charge is 2.32. The van der Waals surface area contributed by atoms with Crippen molar-refractivity contribution in [3.05, 3.63) is 35.8 Å². The zero-order chi connectivity index (χ0) is 16.4. The summed E-state index contributed by atoms with van der Waals surface area (Å²) in [6, 6.07) is 9.94. The number of rotatable bonds is 4. The van der Waals surface area contributed by atoms with Crippen LogP contribution in [-0.2, 0) is 4.74 Å². The molecule has 0 spiro atoms. The molecule has 2 aliphatic rings. The van der Waals surface area contributed by atoms with E-state index < -0.39 is 6.09 Å². The Bertz CT molecular complexity index is 691. The number of carbonyl (C=O) groups excluding carboxylic acids is 1. The minimum atomic E-state index is -0.411. The second kappa shape index (κ2) is 6.91. The van der Waals surface area contributed by atoms with Gasteiger partial charge < -0.3 is 9.64 Å². The molecule has 1 N–H and O–H groups in total. The van der Waals surface area contributed by atoms with E-state index in [1.165, 1.54) is 37.3 Å². The van der Waals surface area contributed by atoms with Gasteiger partial charge in [0.05, 0.1) is 17.0 Å². The van der Waals surface area contributed by atoms with Crippen LogP contribution in [0.4, 0.5) is 10.6 Å². The minimum Gasteiger partial charge on any atom is -0.449 e. The van der Waals surface area contributed by atoms with Gasteiger partial charge in [-0.25, -0.2) is 9.78 Å². The van der Waals surface area contributed by atoms with Crippen molar-refractivity contribution in [2.45, 2.75) is 12.8 Å². The van der Waals surface area contributed by atoms with Crippen LogP contribution < -0.4 is 5.32 Å². The number of fused-ring (bicyclic) bond motifs is 2. The normalized spacial score (nSPS) is 25.4. The average molecular weight is 343 g/mol. The molecule has 2 fully saturated rings. The SMILES string of the molecule is O=C(Nc1ncsc1-c1ccccc1)OCC1CC2CCN(C2)C1. The summed E-state index contributed by atoms with van der Waals surface area (Å²) in [6.45, 7) is 3.97. The Hall–Kier alpha value is -1.92. The Labute approximate surface area is 145 Å². The molecule has 1 aromatic carbocycles. The highest BCUT2D eigenvalue weighted by Crippen LogP contribution is 2.32. The molecule has 2 bridgehead atoms. The van der Waals surface area contributed by atoms with Crippen molar-refractivity contribution >= 4 is 23.2 Å². The Morgan fingerprint density at radius 1 is 1.33 bits per heavy atom. The Morgan fingerprint density at radius 3 is 3.04 bits per heavy atom. The molecule has 6 heteroatoms. The van der Waals surface area contributed by atoms with Gasteiger partial charge in [0.15, 0.2) is 5.82 Å². The van der Waals surface area contributed by atoms with E-state index in [2.05, 4.69) is 15.2 Å². The fourth-order valence-corrected chi connectivity index (χ4v) is 4.51. The number of anilines is 1. The van der Waals surface area contributed by atoms with Crippen molar-refractivity contribution in [3.8, 4) is 10.4 Å². The molecule has 3 heterocycles. The number of nitrogens with zero attached hydrogens (tertiary/aromatic N) is 2. The van der Waals surface area contributed by atoms with Crippen molar-refractivity contribution in [2.75, 3.05) is 31.6 Å². The number of amides is 1. The summed E-state index contributed by atoms with van der Waals surface area (Å²) in [6.07, 6.45) is 2.06. The van der Waals surface area contributed by atoms with Crippen LogP contribution in [0.3, 0.4) is 0 Å². The van der Waals surface area contributed by atoms with Crippen LogP contribution in [0.1, 0.15) is 12.8 Å². The number of nitrogens with one attached hydrogen (secondary N) is 1. The fraction of sp³-hybridized carbons (Fsp3) is 0.444. The molecule has 1 aromatic heterocycles. The number of piperidine rings is 1. The fourth-order valence-electron chi connectivity index (χ4n) is 3.76. The summed E-state index contributed by atoms with van der Waals surface area (Å²) in [5.41, 5.74) is 2.79. The van der Waals surface area contributed by atoms with Crippen LogP contribution in [0.2, 0.25) is 0 Å². The van der Waals surface area contributed by atoms with Gasteiger partial charge >= 0.3 is 6.09 Å². The Morgan fingerprint density at radius 2 is 2.21 bits per heavy atom. The smallest absolute Gasteiger partial charge is 0.412 e. The Kier molecular flexibility index (Phi) is 4.49. The first-order chi connectivity index (χ1) is 11.8. The van der Waals surface area contributed by atoms with E-state index in [0.717, 1.165) is 22.9 Å². The van der Waals surface area contributed by atoms with Crippen LogP contribution in [0.5, 0.6) is 0 Å². The van der Waals surface area contributed by atoms with Gasteiger partial charge in [-0.05, 0) is 30.9 Å². The van der Waals surface area contributed by atoms with Crippen LogP contribution in [0, 0.1) is 11.8 Å². The quantitative estimate of drug-likeness (QED) is 0.920. The maximum Gasteiger partial charge on any atom is 0.412 e. The highest BCUT2D eigenvalue weighted by molar-refractivity contribution is 7.13. The first-order valence-electron chi connectivity index (χ1n) is 8.43. The third-order valence-corrected chi connectivity index (χ3v) is 5.70. The number of hydrogen-bond acceptors (Lipinski definition) is 5. The number of thiazole rings is 1. The van der Waals surface area contributed by atoms with Gasteiger partial charge in [-0.3, -0.25) is 5.32 Å². The van der Waals surface area contributed by atoms with E-state index in [0.29, 0.717) is 18.3 Å². The second-order valence-corrected chi connectivity index (χ2v) is 7.49. The van der Waals surface area contributed by atoms with Gasteiger partial charge in [-0.15, -0.1) is 11.3 Å². The Balaban J connectivity index is 1.33. The molecule has 1 amide bonds. The van der Waals surface area contributed by atoms with Crippen molar-refractivity contribution in [1.82, 2.24) is 9.88 Å². The summed E-state index contributed by atoms with van der Waals surface area (Å²) in [4.78, 5) is 19.8. The predicted molar refractivity (Wildman–Crippen MR) is 95.2 cm³/mol. The lowest BCUT2D eigenvalue weighted by Gasteiger charge is -2.29. The minimum absolute atomic E-state index is 0.411. The first kappa shape index (κ1) is 15.6. The molecule has 5 nitrogen and oxygen atoms in total. The number of benzene rings is 1. The lowest BCUT2D eigenvalue weighted by atomic mass is 9.92. The van der Waals surface area contributed by atoms with Gasteiger partial charge in [0, 0.05) is 19.0 Å². The molecular weight excluding hydrogens is 322 g/mol. The predicted octanol–water partition coefficient (Wildman–Crippen LogP) is 3.70. The summed E-state index contributed by atoms with van der Waals surface area (Å²) in [5, 5.41) is 2.79. The van der Waals surface area contributed by atoms with E-state index in [9.17, 15) is 4.79 Å². The average Bonchev–Trinajstić information content (AvgIpc) is 3.20. The van der Waals surface area contributed by atoms with E-state index >= 15 is 0 Å². The molecule has 126 valence electrons. The number of ether oxygens (including phenoxy) is 1. The molecule has 0 aliphatic carbocycles. The van der Waals surface area contributed by atoms with Crippen molar-refractivity contribution in [3.63, 3.8) is 0 Å². The van der Waals surface area contributed by atoms with Gasteiger partial charge in [0.2, 0.25) is 0 Å². The standard InChI is InChI=1S/C18H21N3O2S/c22-18(23-11-14-8-13-6-7-21(9-13)10-14)20-17-16(24-12-19-17)15-4-2-1-3-5-15/h1-5,12-14H,6-11H2,(H,20,22). The monoisotopic (exact) mass is 343 g/mol. The van der Waals surface area contributed by atoms with Crippen LogP contribution >= 0.6 is 11.3 Å². The zero-order valence-electron chi connectivity index (χ0n) is 13.5. The molecule has 24 heavy (non-hydrogen) atoms. The van der Waals surface area contributed by atoms with Crippen molar-refractivity contribution in [2.24, 2.45) is 11.8 Å². The molecule has 2 saturated heterocycles. The van der Waals surface area contributed by atoms with Crippen LogP contribution in [-0.4, -0.2) is 42.2 Å². The third kappa shape index (κ3) is 3.44. The maximum absolute atomic E-state index is 12.1. The molecule has 3 atom stereocenters. The maximum atomic E-state index is 12.1. The first-order valence-corrected chi connectivity index (χ1v) is 9.31. The van der Waals surface area contributed by atoms with E-state index in [-0.39, 0.29) is 0 Å².